The second kappa shape index (κ2) is 14.6. The van der Waals surface area contributed by atoms with Crippen LogP contribution in [0.5, 0.6) is 5.75 Å². The van der Waals surface area contributed by atoms with E-state index >= 15 is 0 Å². The zero-order valence-electron chi connectivity index (χ0n) is 24.5. The summed E-state index contributed by atoms with van der Waals surface area (Å²) in [5.74, 6) is -3.07. The van der Waals surface area contributed by atoms with E-state index in [1.54, 1.807) is 12.1 Å². The molecule has 0 bridgehead atoms. The van der Waals surface area contributed by atoms with Gasteiger partial charge in [-0.3, -0.25) is 9.59 Å². The number of ether oxygens (including phenoxy) is 2. The number of hydrogen-bond acceptors (Lipinski definition) is 5. The lowest BCUT2D eigenvalue weighted by atomic mass is 9.88. The zero-order valence-corrected chi connectivity index (χ0v) is 25.4. The Balaban J connectivity index is 0.00000529. The van der Waals surface area contributed by atoms with Crippen molar-refractivity contribution in [2.24, 2.45) is 11.7 Å². The average molecular weight is 647 g/mol. The van der Waals surface area contributed by atoms with Gasteiger partial charge in [-0.15, -0.1) is 25.6 Å². The van der Waals surface area contributed by atoms with Crippen molar-refractivity contribution in [3.63, 3.8) is 0 Å². The summed E-state index contributed by atoms with van der Waals surface area (Å²) in [4.78, 5) is 27.3. The maximum absolute atomic E-state index is 14.9. The van der Waals surface area contributed by atoms with E-state index in [9.17, 15) is 31.5 Å². The van der Waals surface area contributed by atoms with Gasteiger partial charge in [0.15, 0.2) is 0 Å². The number of carbonyl (C=O) groups is 2. The number of hydrogen-bond donors (Lipinski definition) is 2. The molecule has 1 fully saturated rings. The minimum absolute atomic E-state index is 0. The van der Waals surface area contributed by atoms with Crippen molar-refractivity contribution in [3.05, 3.63) is 64.9 Å². The lowest BCUT2D eigenvalue weighted by molar-refractivity contribution is -0.274. The maximum Gasteiger partial charge on any atom is 0.573 e. The molecule has 1 aliphatic rings. The lowest BCUT2D eigenvalue weighted by Gasteiger charge is -2.32. The molecular weight excluding hydrogens is 611 g/mol. The first kappa shape index (κ1) is 35.1. The molecule has 0 aliphatic carbocycles. The number of nitrogens with two attached hydrogens (primary N) is 1. The molecule has 242 valence electrons. The average Bonchev–Trinajstić information content (AvgIpc) is 3.36. The summed E-state index contributed by atoms with van der Waals surface area (Å²) in [6.45, 7) is 4.47. The summed E-state index contributed by atoms with van der Waals surface area (Å²) < 4.78 is 79.9. The summed E-state index contributed by atoms with van der Waals surface area (Å²) in [5.41, 5.74) is 6.70. The second-order valence-corrected chi connectivity index (χ2v) is 11.0. The number of amides is 2. The first-order valence-electron chi connectivity index (χ1n) is 14.0. The highest BCUT2D eigenvalue weighted by Crippen LogP contribution is 2.38. The van der Waals surface area contributed by atoms with Crippen LogP contribution in [0.2, 0.25) is 0 Å². The summed E-state index contributed by atoms with van der Waals surface area (Å²) in [6, 6.07) is 5.65. The van der Waals surface area contributed by atoms with Crippen molar-refractivity contribution in [1.82, 2.24) is 14.8 Å². The minimum Gasteiger partial charge on any atom is -0.405 e. The number of likely N-dealkylation sites (tertiary alicyclic amines) is 1. The first-order chi connectivity index (χ1) is 20.3. The van der Waals surface area contributed by atoms with E-state index in [1.807, 2.05) is 13.8 Å². The molecule has 0 spiro atoms. The Kier molecular flexibility index (Phi) is 11.6. The molecule has 1 aromatic heterocycles. The van der Waals surface area contributed by atoms with Crippen LogP contribution < -0.4 is 15.8 Å². The number of piperidine rings is 1. The predicted molar refractivity (Wildman–Crippen MR) is 157 cm³/mol. The molecule has 2 heterocycles. The standard InChI is InChI=1S/C30H35F5N4O4.ClH/c1-17(2)26(36)28(40)37-15-18-4-5-22(31)20(14-18)19-8-10-38(11-9-19)29(41)21-16-39(12-13-42-3)27-23(32)6-7-24(25(21)27)43-30(33,34)35;/h4-7,14,16-17,19,26H,8-13,15,36H2,1-3H3,(H,37,40);1H/t26-;/m0./s1. The van der Waals surface area contributed by atoms with Crippen molar-refractivity contribution < 1.29 is 41.0 Å². The van der Waals surface area contributed by atoms with Gasteiger partial charge in [0.25, 0.3) is 5.91 Å². The topological polar surface area (TPSA) is 98.8 Å². The quantitative estimate of drug-likeness (QED) is 0.283. The SMILES string of the molecule is COCCn1cc(C(=O)N2CCC(c3cc(CNC(=O)[C@@H](N)C(C)C)ccc3F)CC2)c2c(OC(F)(F)F)ccc(F)c21.Cl. The van der Waals surface area contributed by atoms with Gasteiger partial charge < -0.3 is 30.0 Å². The zero-order chi connectivity index (χ0) is 31.5. The van der Waals surface area contributed by atoms with Gasteiger partial charge in [0.1, 0.15) is 17.4 Å². The first-order valence-corrected chi connectivity index (χ1v) is 14.0. The van der Waals surface area contributed by atoms with Crippen molar-refractivity contribution in [3.8, 4) is 5.75 Å². The Morgan fingerprint density at radius 1 is 1.09 bits per heavy atom. The summed E-state index contributed by atoms with van der Waals surface area (Å²) in [6.07, 6.45) is -2.97. The lowest BCUT2D eigenvalue weighted by Crippen LogP contribution is -2.43. The van der Waals surface area contributed by atoms with Crippen molar-refractivity contribution in [2.45, 2.75) is 58.1 Å². The van der Waals surface area contributed by atoms with Gasteiger partial charge in [-0.2, -0.15) is 0 Å². The third kappa shape index (κ3) is 7.99. The van der Waals surface area contributed by atoms with Crippen LogP contribution in [0.15, 0.2) is 36.5 Å². The fraction of sp³-hybridized carbons (Fsp3) is 0.467. The van der Waals surface area contributed by atoms with Gasteiger partial charge in [0, 0.05) is 39.5 Å². The minimum atomic E-state index is -5.06. The Hall–Kier alpha value is -3.42. The van der Waals surface area contributed by atoms with E-state index in [4.69, 9.17) is 10.5 Å². The van der Waals surface area contributed by atoms with Crippen LogP contribution in [-0.4, -0.2) is 60.5 Å². The number of benzene rings is 2. The van der Waals surface area contributed by atoms with E-state index in [1.165, 1.54) is 28.8 Å². The smallest absolute Gasteiger partial charge is 0.405 e. The predicted octanol–water partition coefficient (Wildman–Crippen LogP) is 5.51. The normalized spacial score (nSPS) is 14.9. The van der Waals surface area contributed by atoms with Gasteiger partial charge >= 0.3 is 6.36 Å². The molecular formula is C30H36ClF5N4O4. The molecule has 14 heteroatoms. The van der Waals surface area contributed by atoms with E-state index in [-0.39, 0.29) is 79.4 Å². The molecule has 0 unspecified atom stereocenters. The van der Waals surface area contributed by atoms with E-state index in [0.29, 0.717) is 24.0 Å². The van der Waals surface area contributed by atoms with E-state index < -0.39 is 35.7 Å². The molecule has 0 radical (unpaired) electrons. The molecule has 2 aromatic carbocycles. The molecule has 3 aromatic rings. The largest absolute Gasteiger partial charge is 0.573 e. The monoisotopic (exact) mass is 646 g/mol. The van der Waals surface area contributed by atoms with Crippen molar-refractivity contribution >= 4 is 35.1 Å². The van der Waals surface area contributed by atoms with Crippen molar-refractivity contribution in [2.75, 3.05) is 26.8 Å². The number of carbonyl (C=O) groups excluding carboxylic acids is 2. The Morgan fingerprint density at radius 3 is 2.36 bits per heavy atom. The number of nitrogens with one attached hydrogen (secondary N) is 1. The van der Waals surface area contributed by atoms with Gasteiger partial charge in [-0.25, -0.2) is 8.78 Å². The fourth-order valence-corrected chi connectivity index (χ4v) is 5.30. The number of alkyl halides is 3. The van der Waals surface area contributed by atoms with Crippen LogP contribution >= 0.6 is 12.4 Å². The van der Waals surface area contributed by atoms with Crippen LogP contribution in [0, 0.1) is 17.6 Å². The van der Waals surface area contributed by atoms with Crippen LogP contribution in [0.3, 0.4) is 0 Å². The van der Waals surface area contributed by atoms with Crippen LogP contribution in [-0.2, 0) is 22.6 Å². The molecule has 4 rings (SSSR count). The van der Waals surface area contributed by atoms with Gasteiger partial charge in [-0.05, 0) is 54.0 Å². The number of nitrogens with zero attached hydrogens (tertiary/aromatic N) is 2. The van der Waals surface area contributed by atoms with Crippen molar-refractivity contribution in [1.29, 1.82) is 0 Å². The molecule has 1 atom stereocenters. The van der Waals surface area contributed by atoms with Gasteiger partial charge in [-0.1, -0.05) is 26.0 Å². The van der Waals surface area contributed by atoms with E-state index in [0.717, 1.165) is 12.1 Å². The van der Waals surface area contributed by atoms with Crippen LogP contribution in [0.25, 0.3) is 10.9 Å². The third-order valence-electron chi connectivity index (χ3n) is 7.69. The molecule has 8 nitrogen and oxygen atoms in total. The molecule has 1 saturated heterocycles. The number of fused-ring (bicyclic) bond motifs is 1. The Bertz CT molecular complexity index is 1470. The summed E-state index contributed by atoms with van der Waals surface area (Å²) in [5, 5.41) is 2.49. The highest BCUT2D eigenvalue weighted by molar-refractivity contribution is 6.09. The Morgan fingerprint density at radius 2 is 1.75 bits per heavy atom. The van der Waals surface area contributed by atoms with Gasteiger partial charge in [0.2, 0.25) is 5.91 Å². The number of rotatable bonds is 10. The number of halogens is 6. The molecule has 44 heavy (non-hydrogen) atoms. The van der Waals surface area contributed by atoms with Crippen LogP contribution in [0.1, 0.15) is 54.1 Å². The third-order valence-corrected chi connectivity index (χ3v) is 7.69. The number of methoxy groups -OCH3 is 1. The highest BCUT2D eigenvalue weighted by atomic mass is 35.5. The second-order valence-electron chi connectivity index (χ2n) is 11.0. The Labute approximate surface area is 258 Å². The molecule has 1 aliphatic heterocycles. The van der Waals surface area contributed by atoms with Crippen LogP contribution in [0.4, 0.5) is 22.0 Å². The van der Waals surface area contributed by atoms with E-state index in [2.05, 4.69) is 10.1 Å². The highest BCUT2D eigenvalue weighted by Gasteiger charge is 2.35. The number of aromatic nitrogens is 1. The fourth-order valence-electron chi connectivity index (χ4n) is 5.30. The maximum atomic E-state index is 14.9. The summed E-state index contributed by atoms with van der Waals surface area (Å²) >= 11 is 0. The summed E-state index contributed by atoms with van der Waals surface area (Å²) in [7, 11) is 1.42. The van der Waals surface area contributed by atoms with Gasteiger partial charge in [0.05, 0.1) is 29.1 Å². The molecule has 3 N–H and O–H groups in total. The molecule has 0 saturated carbocycles. The molecule has 2 amide bonds.